The molecule has 0 aromatic heterocycles. The highest BCUT2D eigenvalue weighted by Crippen LogP contribution is 2.20. The van der Waals surface area contributed by atoms with Crippen molar-refractivity contribution in [3.8, 4) is 11.8 Å². The van der Waals surface area contributed by atoms with Crippen LogP contribution in [-0.4, -0.2) is 7.05 Å². The number of nitriles is 1. The zero-order chi connectivity index (χ0) is 15.2. The topological polar surface area (TPSA) is 45.0 Å². The predicted molar refractivity (Wildman–Crippen MR) is 79.4 cm³/mol. The van der Waals surface area contributed by atoms with Crippen LogP contribution in [0.15, 0.2) is 42.5 Å². The van der Waals surface area contributed by atoms with E-state index in [2.05, 4.69) is 12.2 Å². The van der Waals surface area contributed by atoms with Crippen LogP contribution in [0.4, 0.5) is 4.39 Å². The fraction of sp³-hybridized carbons (Fsp3) is 0.235. The highest BCUT2D eigenvalue weighted by molar-refractivity contribution is 5.38. The van der Waals surface area contributed by atoms with Crippen LogP contribution in [0.2, 0.25) is 0 Å². The maximum absolute atomic E-state index is 13.3. The smallest absolute Gasteiger partial charge is 0.123 e. The second-order valence-electron chi connectivity index (χ2n) is 4.78. The number of hydrogen-bond acceptors (Lipinski definition) is 3. The quantitative estimate of drug-likeness (QED) is 0.913. The van der Waals surface area contributed by atoms with Gasteiger partial charge in [-0.1, -0.05) is 12.1 Å². The third-order valence-electron chi connectivity index (χ3n) is 3.37. The number of ether oxygens (including phenoxy) is 1. The molecule has 3 nitrogen and oxygen atoms in total. The van der Waals surface area contributed by atoms with Gasteiger partial charge in [-0.15, -0.1) is 0 Å². The summed E-state index contributed by atoms with van der Waals surface area (Å²) in [7, 11) is 1.89. The van der Waals surface area contributed by atoms with Crippen molar-refractivity contribution in [2.24, 2.45) is 0 Å². The summed E-state index contributed by atoms with van der Waals surface area (Å²) in [5, 5.41) is 12.2. The largest absolute Gasteiger partial charge is 0.489 e. The molecule has 1 N–H and O–H groups in total. The number of nitrogens with one attached hydrogen (secondary N) is 1. The summed E-state index contributed by atoms with van der Waals surface area (Å²) in [5.41, 5.74) is 2.08. The van der Waals surface area contributed by atoms with E-state index in [-0.39, 0.29) is 18.5 Å². The van der Waals surface area contributed by atoms with Gasteiger partial charge in [0.1, 0.15) is 18.2 Å². The SMILES string of the molecule is CNC(C)c1cccc(OCc2cc(F)ccc2C#N)c1. The molecular formula is C17H17FN2O. The minimum atomic E-state index is -0.370. The molecule has 2 aromatic carbocycles. The number of benzene rings is 2. The molecule has 0 aliphatic heterocycles. The lowest BCUT2D eigenvalue weighted by Crippen LogP contribution is -2.12. The first-order valence-electron chi connectivity index (χ1n) is 6.72. The van der Waals surface area contributed by atoms with Gasteiger partial charge in [0.15, 0.2) is 0 Å². The monoisotopic (exact) mass is 284 g/mol. The molecular weight excluding hydrogens is 267 g/mol. The molecule has 1 unspecified atom stereocenters. The molecule has 0 amide bonds. The van der Waals surface area contributed by atoms with Crippen molar-refractivity contribution in [3.05, 3.63) is 65.0 Å². The van der Waals surface area contributed by atoms with Crippen molar-refractivity contribution in [3.63, 3.8) is 0 Å². The van der Waals surface area contributed by atoms with Crippen molar-refractivity contribution in [2.45, 2.75) is 19.6 Å². The van der Waals surface area contributed by atoms with Crippen molar-refractivity contribution in [1.82, 2.24) is 5.32 Å². The van der Waals surface area contributed by atoms with E-state index in [9.17, 15) is 4.39 Å². The summed E-state index contributed by atoms with van der Waals surface area (Å²) < 4.78 is 18.9. The predicted octanol–water partition coefficient (Wildman–Crippen LogP) is 3.56. The summed E-state index contributed by atoms with van der Waals surface area (Å²) in [4.78, 5) is 0. The third kappa shape index (κ3) is 3.80. The highest BCUT2D eigenvalue weighted by atomic mass is 19.1. The van der Waals surface area contributed by atoms with Gasteiger partial charge in [0.05, 0.1) is 11.6 Å². The average Bonchev–Trinajstić information content (AvgIpc) is 2.52. The Morgan fingerprint density at radius 1 is 1.29 bits per heavy atom. The first-order chi connectivity index (χ1) is 10.1. The summed E-state index contributed by atoms with van der Waals surface area (Å²) in [6, 6.07) is 14.0. The van der Waals surface area contributed by atoms with Crippen molar-refractivity contribution in [1.29, 1.82) is 5.26 Å². The van der Waals surface area contributed by atoms with Crippen LogP contribution in [0.25, 0.3) is 0 Å². The Bertz CT molecular complexity index is 664. The van der Waals surface area contributed by atoms with Crippen LogP contribution in [0, 0.1) is 17.1 Å². The molecule has 21 heavy (non-hydrogen) atoms. The van der Waals surface area contributed by atoms with Gasteiger partial charge in [0.2, 0.25) is 0 Å². The van der Waals surface area contributed by atoms with Gasteiger partial charge in [-0.05, 0) is 49.9 Å². The molecule has 0 fully saturated rings. The number of halogens is 1. The molecule has 0 saturated carbocycles. The molecule has 0 saturated heterocycles. The van der Waals surface area contributed by atoms with Gasteiger partial charge >= 0.3 is 0 Å². The fourth-order valence-electron chi connectivity index (χ4n) is 1.99. The van der Waals surface area contributed by atoms with Gasteiger partial charge in [-0.3, -0.25) is 0 Å². The summed E-state index contributed by atoms with van der Waals surface area (Å²) >= 11 is 0. The van der Waals surface area contributed by atoms with Gasteiger partial charge in [0, 0.05) is 11.6 Å². The molecule has 108 valence electrons. The maximum Gasteiger partial charge on any atom is 0.123 e. The molecule has 2 rings (SSSR count). The Morgan fingerprint density at radius 3 is 2.81 bits per heavy atom. The Morgan fingerprint density at radius 2 is 2.10 bits per heavy atom. The van der Waals surface area contributed by atoms with E-state index in [1.54, 1.807) is 0 Å². The van der Waals surface area contributed by atoms with E-state index in [0.717, 1.165) is 5.56 Å². The fourth-order valence-corrected chi connectivity index (χ4v) is 1.99. The third-order valence-corrected chi connectivity index (χ3v) is 3.37. The summed E-state index contributed by atoms with van der Waals surface area (Å²) in [6.45, 7) is 2.22. The molecule has 0 aliphatic carbocycles. The van der Waals surface area contributed by atoms with E-state index in [0.29, 0.717) is 16.9 Å². The number of rotatable bonds is 5. The molecule has 0 spiro atoms. The second kappa shape index (κ2) is 6.87. The first kappa shape index (κ1) is 15.0. The van der Waals surface area contributed by atoms with Crippen molar-refractivity contribution >= 4 is 0 Å². The average molecular weight is 284 g/mol. The van der Waals surface area contributed by atoms with Crippen LogP contribution >= 0.6 is 0 Å². The zero-order valence-corrected chi connectivity index (χ0v) is 12.1. The van der Waals surface area contributed by atoms with Crippen LogP contribution in [0.5, 0.6) is 5.75 Å². The van der Waals surface area contributed by atoms with Crippen LogP contribution in [0.1, 0.15) is 29.7 Å². The Kier molecular flexibility index (Phi) is 4.91. The molecule has 0 radical (unpaired) electrons. The van der Waals surface area contributed by atoms with E-state index < -0.39 is 0 Å². The van der Waals surface area contributed by atoms with Crippen LogP contribution in [0.3, 0.4) is 0 Å². The summed E-state index contributed by atoms with van der Waals surface area (Å²) in [5.74, 6) is 0.327. The molecule has 1 atom stereocenters. The number of nitrogens with zero attached hydrogens (tertiary/aromatic N) is 1. The van der Waals surface area contributed by atoms with Gasteiger partial charge in [0.25, 0.3) is 0 Å². The molecule has 0 aliphatic rings. The van der Waals surface area contributed by atoms with E-state index in [1.165, 1.54) is 18.2 Å². The van der Waals surface area contributed by atoms with Gasteiger partial charge in [-0.25, -0.2) is 4.39 Å². The lowest BCUT2D eigenvalue weighted by molar-refractivity contribution is 0.304. The van der Waals surface area contributed by atoms with Crippen molar-refractivity contribution < 1.29 is 9.13 Å². The highest BCUT2D eigenvalue weighted by Gasteiger charge is 2.07. The number of hydrogen-bond donors (Lipinski definition) is 1. The maximum atomic E-state index is 13.3. The minimum Gasteiger partial charge on any atom is -0.489 e. The van der Waals surface area contributed by atoms with E-state index >= 15 is 0 Å². The Labute approximate surface area is 124 Å². The zero-order valence-electron chi connectivity index (χ0n) is 12.1. The standard InChI is InChI=1S/C17H17FN2O/c1-12(20-2)13-4-3-5-17(9-13)21-11-15-8-16(18)7-6-14(15)10-19/h3-9,12,20H,11H2,1-2H3. The molecule has 2 aromatic rings. The normalized spacial score (nSPS) is 11.7. The van der Waals surface area contributed by atoms with Crippen molar-refractivity contribution in [2.75, 3.05) is 7.05 Å². The molecule has 0 bridgehead atoms. The Balaban J connectivity index is 2.14. The molecule has 4 heteroatoms. The minimum absolute atomic E-state index is 0.165. The lowest BCUT2D eigenvalue weighted by atomic mass is 10.1. The van der Waals surface area contributed by atoms with Crippen LogP contribution in [-0.2, 0) is 6.61 Å². The second-order valence-corrected chi connectivity index (χ2v) is 4.78. The van der Waals surface area contributed by atoms with Gasteiger partial charge in [-0.2, -0.15) is 5.26 Å². The van der Waals surface area contributed by atoms with Crippen LogP contribution < -0.4 is 10.1 Å². The van der Waals surface area contributed by atoms with E-state index in [4.69, 9.17) is 10.00 Å². The molecule has 0 heterocycles. The summed E-state index contributed by atoms with van der Waals surface area (Å²) in [6.07, 6.45) is 0. The first-order valence-corrected chi connectivity index (χ1v) is 6.72. The lowest BCUT2D eigenvalue weighted by Gasteiger charge is -2.13. The van der Waals surface area contributed by atoms with E-state index in [1.807, 2.05) is 37.4 Å². The van der Waals surface area contributed by atoms with Gasteiger partial charge < -0.3 is 10.1 Å². The Hall–Kier alpha value is -2.38.